The van der Waals surface area contributed by atoms with Gasteiger partial charge >= 0.3 is 0 Å². The normalized spacial score (nSPS) is 11.7. The first kappa shape index (κ1) is 13.7. The highest BCUT2D eigenvalue weighted by molar-refractivity contribution is 5.02. The van der Waals surface area contributed by atoms with E-state index in [0.29, 0.717) is 6.42 Å². The van der Waals surface area contributed by atoms with Crippen LogP contribution >= 0.6 is 0 Å². The van der Waals surface area contributed by atoms with Gasteiger partial charge in [0.05, 0.1) is 6.07 Å². The molecule has 0 aliphatic carbocycles. The van der Waals surface area contributed by atoms with Gasteiger partial charge in [0.25, 0.3) is 0 Å². The number of hydrogen-bond acceptors (Lipinski definition) is 1. The Kier molecular flexibility index (Phi) is 11.6. The summed E-state index contributed by atoms with van der Waals surface area (Å²) in [5.74, 6) is 0. The van der Waals surface area contributed by atoms with E-state index >= 15 is 0 Å². The second kappa shape index (κ2) is 12.7. The molecule has 0 saturated carbocycles. The summed E-state index contributed by atoms with van der Waals surface area (Å²) in [6, 6.07) is 2.15. The molecule has 0 rings (SSSR count). The molecule has 0 amide bonds. The highest BCUT2D eigenvalue weighted by Crippen LogP contribution is 1.98. The second-order valence-corrected chi connectivity index (χ2v) is 3.36. The van der Waals surface area contributed by atoms with Crippen molar-refractivity contribution in [2.45, 2.75) is 45.4 Å². The predicted molar refractivity (Wildman–Crippen MR) is 66.4 cm³/mol. The molecular weight excluding hydrogens is 182 g/mol. The van der Waals surface area contributed by atoms with Crippen LogP contribution in [0.25, 0.3) is 0 Å². The fourth-order valence-electron chi connectivity index (χ4n) is 1.12. The number of unbranched alkanes of at least 4 members (excludes halogenated alkanes) is 3. The maximum absolute atomic E-state index is 8.32. The third-order valence-corrected chi connectivity index (χ3v) is 1.95. The zero-order chi connectivity index (χ0) is 11.2. The Morgan fingerprint density at radius 1 is 0.933 bits per heavy atom. The summed E-state index contributed by atoms with van der Waals surface area (Å²) in [4.78, 5) is 0. The van der Waals surface area contributed by atoms with Crippen molar-refractivity contribution in [2.24, 2.45) is 0 Å². The Bertz CT molecular complexity index is 241. The Morgan fingerprint density at radius 3 is 2.33 bits per heavy atom. The van der Waals surface area contributed by atoms with Gasteiger partial charge in [-0.2, -0.15) is 5.26 Å². The summed E-state index contributed by atoms with van der Waals surface area (Å²) in [7, 11) is 0. The summed E-state index contributed by atoms with van der Waals surface area (Å²) < 4.78 is 0. The molecule has 0 radical (unpaired) electrons. The number of nitrogens with zero attached hydrogens (tertiary/aromatic N) is 1. The number of hydrogen-bond donors (Lipinski definition) is 0. The van der Waals surface area contributed by atoms with Crippen LogP contribution < -0.4 is 0 Å². The predicted octanol–water partition coefficient (Wildman–Crippen LogP) is 4.54. The second-order valence-electron chi connectivity index (χ2n) is 3.36. The number of allylic oxidation sites excluding steroid dienone is 6. The molecular formula is C14H21N. The highest BCUT2D eigenvalue weighted by atomic mass is 14.2. The quantitative estimate of drug-likeness (QED) is 0.323. The van der Waals surface area contributed by atoms with E-state index in [1.165, 1.54) is 0 Å². The van der Waals surface area contributed by atoms with Gasteiger partial charge in [-0.1, -0.05) is 43.4 Å². The lowest BCUT2D eigenvalue weighted by molar-refractivity contribution is 0.870. The molecule has 0 N–H and O–H groups in total. The average molecular weight is 203 g/mol. The third kappa shape index (κ3) is 12.7. The topological polar surface area (TPSA) is 23.8 Å². The summed E-state index contributed by atoms with van der Waals surface area (Å²) >= 11 is 0. The first-order chi connectivity index (χ1) is 7.41. The van der Waals surface area contributed by atoms with Gasteiger partial charge in [-0.3, -0.25) is 0 Å². The van der Waals surface area contributed by atoms with Crippen molar-refractivity contribution < 1.29 is 0 Å². The van der Waals surface area contributed by atoms with Crippen molar-refractivity contribution in [2.75, 3.05) is 0 Å². The van der Waals surface area contributed by atoms with E-state index in [1.54, 1.807) is 0 Å². The molecule has 1 nitrogen and oxygen atoms in total. The minimum atomic E-state index is 0.673. The van der Waals surface area contributed by atoms with E-state index in [4.69, 9.17) is 5.26 Å². The molecule has 0 aliphatic heterocycles. The molecule has 1 heteroatoms. The van der Waals surface area contributed by atoms with E-state index in [-0.39, 0.29) is 0 Å². The smallest absolute Gasteiger partial charge is 0.0621 e. The molecule has 0 heterocycles. The van der Waals surface area contributed by atoms with E-state index < -0.39 is 0 Å². The van der Waals surface area contributed by atoms with Crippen molar-refractivity contribution in [3.8, 4) is 6.07 Å². The van der Waals surface area contributed by atoms with E-state index in [1.807, 2.05) is 0 Å². The number of nitriles is 1. The Morgan fingerprint density at radius 2 is 1.60 bits per heavy atom. The lowest BCUT2D eigenvalue weighted by Gasteiger charge is -1.88. The van der Waals surface area contributed by atoms with Crippen molar-refractivity contribution in [3.05, 3.63) is 36.5 Å². The zero-order valence-corrected chi connectivity index (χ0v) is 9.65. The van der Waals surface area contributed by atoms with Crippen LogP contribution in [0.15, 0.2) is 36.5 Å². The first-order valence-electron chi connectivity index (χ1n) is 5.75. The van der Waals surface area contributed by atoms with Crippen LogP contribution in [0.2, 0.25) is 0 Å². The summed E-state index contributed by atoms with van der Waals surface area (Å²) in [6.07, 6.45) is 18.9. The van der Waals surface area contributed by atoms with Gasteiger partial charge in [0.1, 0.15) is 0 Å². The van der Waals surface area contributed by atoms with E-state index in [9.17, 15) is 0 Å². The zero-order valence-electron chi connectivity index (χ0n) is 9.65. The average Bonchev–Trinajstić information content (AvgIpc) is 2.26. The number of rotatable bonds is 8. The van der Waals surface area contributed by atoms with Crippen molar-refractivity contribution in [3.63, 3.8) is 0 Å². The van der Waals surface area contributed by atoms with Crippen molar-refractivity contribution >= 4 is 0 Å². The first-order valence-corrected chi connectivity index (χ1v) is 5.75. The van der Waals surface area contributed by atoms with Crippen LogP contribution in [-0.2, 0) is 0 Å². The molecule has 0 aromatic rings. The van der Waals surface area contributed by atoms with Crippen LogP contribution in [0.4, 0.5) is 0 Å². The SMILES string of the molecule is CC/C=C/C=C/CC/C=C/CCCC#N. The van der Waals surface area contributed by atoms with Gasteiger partial charge in [-0.15, -0.1) is 0 Å². The van der Waals surface area contributed by atoms with Crippen LogP contribution in [0.3, 0.4) is 0 Å². The molecule has 15 heavy (non-hydrogen) atoms. The molecule has 0 aromatic carbocycles. The summed E-state index contributed by atoms with van der Waals surface area (Å²) in [5.41, 5.74) is 0. The van der Waals surface area contributed by atoms with Gasteiger partial charge in [-0.05, 0) is 32.1 Å². The van der Waals surface area contributed by atoms with Gasteiger partial charge in [0.2, 0.25) is 0 Å². The van der Waals surface area contributed by atoms with Gasteiger partial charge < -0.3 is 0 Å². The lowest BCUT2D eigenvalue weighted by Crippen LogP contribution is -1.69. The fourth-order valence-corrected chi connectivity index (χ4v) is 1.12. The Balaban J connectivity index is 3.27. The maximum atomic E-state index is 8.32. The third-order valence-electron chi connectivity index (χ3n) is 1.95. The molecule has 0 saturated heterocycles. The molecule has 0 spiro atoms. The Labute approximate surface area is 93.8 Å². The Hall–Kier alpha value is -1.29. The van der Waals surface area contributed by atoms with E-state index in [0.717, 1.165) is 32.1 Å². The summed E-state index contributed by atoms with van der Waals surface area (Å²) in [5, 5.41) is 8.32. The van der Waals surface area contributed by atoms with Crippen LogP contribution in [0.1, 0.15) is 45.4 Å². The van der Waals surface area contributed by atoms with Gasteiger partial charge in [-0.25, -0.2) is 0 Å². The molecule has 82 valence electrons. The molecule has 0 bridgehead atoms. The van der Waals surface area contributed by atoms with E-state index in [2.05, 4.69) is 49.4 Å². The lowest BCUT2D eigenvalue weighted by atomic mass is 10.2. The van der Waals surface area contributed by atoms with Gasteiger partial charge in [0, 0.05) is 6.42 Å². The molecule has 0 fully saturated rings. The highest BCUT2D eigenvalue weighted by Gasteiger charge is 1.81. The largest absolute Gasteiger partial charge is 0.198 e. The molecule has 0 unspecified atom stereocenters. The van der Waals surface area contributed by atoms with Gasteiger partial charge in [0.15, 0.2) is 0 Å². The molecule has 0 aliphatic rings. The monoisotopic (exact) mass is 203 g/mol. The molecule has 0 aromatic heterocycles. The standard InChI is InChI=1S/C14H21N/c1-2-3-4-5-6-7-8-9-10-11-12-13-14-15/h3-6,9-10H,2,7-8,11-13H2,1H3/b4-3+,6-5+,10-9+. The maximum Gasteiger partial charge on any atom is 0.0621 e. The van der Waals surface area contributed by atoms with Crippen LogP contribution in [0.5, 0.6) is 0 Å². The minimum Gasteiger partial charge on any atom is -0.198 e. The van der Waals surface area contributed by atoms with Crippen LogP contribution in [-0.4, -0.2) is 0 Å². The summed E-state index contributed by atoms with van der Waals surface area (Å²) in [6.45, 7) is 2.13. The van der Waals surface area contributed by atoms with Crippen molar-refractivity contribution in [1.82, 2.24) is 0 Å². The fraction of sp³-hybridized carbons (Fsp3) is 0.500. The molecule has 0 atom stereocenters. The van der Waals surface area contributed by atoms with Crippen LogP contribution in [0, 0.1) is 11.3 Å². The minimum absolute atomic E-state index is 0.673. The van der Waals surface area contributed by atoms with Crippen molar-refractivity contribution in [1.29, 1.82) is 5.26 Å².